The van der Waals surface area contributed by atoms with E-state index in [4.69, 9.17) is 0 Å². The number of fused-ring (bicyclic) bond motifs is 2. The lowest BCUT2D eigenvalue weighted by molar-refractivity contribution is 0.163. The van der Waals surface area contributed by atoms with Crippen molar-refractivity contribution in [3.63, 3.8) is 0 Å². The quantitative estimate of drug-likeness (QED) is 0.818. The van der Waals surface area contributed by atoms with Crippen molar-refractivity contribution in [2.75, 3.05) is 6.54 Å². The van der Waals surface area contributed by atoms with E-state index in [1.807, 2.05) is 17.2 Å². The van der Waals surface area contributed by atoms with Crippen LogP contribution in [-0.2, 0) is 19.4 Å². The van der Waals surface area contributed by atoms with Crippen molar-refractivity contribution in [3.8, 4) is 0 Å². The van der Waals surface area contributed by atoms with Gasteiger partial charge in [0.1, 0.15) is 5.82 Å². The van der Waals surface area contributed by atoms with Gasteiger partial charge in [0.25, 0.3) is 0 Å². The van der Waals surface area contributed by atoms with Gasteiger partial charge in [0.15, 0.2) is 0 Å². The summed E-state index contributed by atoms with van der Waals surface area (Å²) in [5, 5.41) is 10.3. The summed E-state index contributed by atoms with van der Waals surface area (Å²) in [7, 11) is 0. The highest BCUT2D eigenvalue weighted by atomic mass is 19.1. The molecule has 1 aliphatic carbocycles. The lowest BCUT2D eigenvalue weighted by Gasteiger charge is -2.33. The molecule has 5 nitrogen and oxygen atoms in total. The number of rotatable bonds is 1. The summed E-state index contributed by atoms with van der Waals surface area (Å²) in [6.07, 6.45) is 5.14. The highest BCUT2D eigenvalue weighted by molar-refractivity contribution is 5.75. The van der Waals surface area contributed by atoms with E-state index in [-0.39, 0.29) is 23.3 Å². The second-order valence-corrected chi connectivity index (χ2v) is 8.27. The molecule has 6 heteroatoms. The number of halogens is 1. The third kappa shape index (κ3) is 3.20. The fourth-order valence-electron chi connectivity index (χ4n) is 4.28. The molecule has 4 rings (SSSR count). The summed E-state index contributed by atoms with van der Waals surface area (Å²) in [5.74, 6) is -0.166. The predicted octanol–water partition coefficient (Wildman–Crippen LogP) is 3.72. The van der Waals surface area contributed by atoms with Crippen LogP contribution in [0.4, 0.5) is 9.18 Å². The molecule has 0 radical (unpaired) electrons. The van der Waals surface area contributed by atoms with Crippen LogP contribution >= 0.6 is 0 Å². The van der Waals surface area contributed by atoms with Crippen LogP contribution in [-0.4, -0.2) is 27.7 Å². The fourth-order valence-corrected chi connectivity index (χ4v) is 4.28. The highest BCUT2D eigenvalue weighted by Gasteiger charge is 2.32. The second-order valence-electron chi connectivity index (χ2n) is 8.27. The number of amides is 2. The third-order valence-electron chi connectivity index (χ3n) is 5.48. The van der Waals surface area contributed by atoms with Gasteiger partial charge in [-0.25, -0.2) is 9.18 Å². The number of hydrogen-bond donors (Lipinski definition) is 2. The van der Waals surface area contributed by atoms with Crippen LogP contribution in [0.5, 0.6) is 0 Å². The van der Waals surface area contributed by atoms with Gasteiger partial charge in [0, 0.05) is 17.8 Å². The van der Waals surface area contributed by atoms with Crippen LogP contribution < -0.4 is 5.32 Å². The highest BCUT2D eigenvalue weighted by Crippen LogP contribution is 2.33. The molecule has 0 saturated heterocycles. The zero-order chi connectivity index (χ0) is 18.3. The number of nitrogens with one attached hydrogen (secondary N) is 2. The average molecular weight is 356 g/mol. The first kappa shape index (κ1) is 17.1. The summed E-state index contributed by atoms with van der Waals surface area (Å²) >= 11 is 0. The first-order valence-electron chi connectivity index (χ1n) is 9.27. The van der Waals surface area contributed by atoms with E-state index in [9.17, 15) is 9.18 Å². The number of urea groups is 1. The maximum Gasteiger partial charge on any atom is 0.318 e. The Labute approximate surface area is 153 Å². The van der Waals surface area contributed by atoms with Gasteiger partial charge in [-0.1, -0.05) is 26.0 Å². The molecule has 2 amide bonds. The largest absolute Gasteiger partial charge is 0.331 e. The first-order chi connectivity index (χ1) is 12.4. The molecule has 0 saturated carbocycles. The molecule has 0 bridgehead atoms. The number of aromatic amines is 1. The van der Waals surface area contributed by atoms with E-state index in [1.165, 1.54) is 6.07 Å². The Bertz CT molecular complexity index is 829. The van der Waals surface area contributed by atoms with Crippen LogP contribution in [0.1, 0.15) is 55.1 Å². The summed E-state index contributed by atoms with van der Waals surface area (Å²) in [4.78, 5) is 14.9. The van der Waals surface area contributed by atoms with Gasteiger partial charge >= 0.3 is 6.03 Å². The molecule has 2 aromatic rings. The minimum absolute atomic E-state index is 0.0360. The van der Waals surface area contributed by atoms with E-state index < -0.39 is 0 Å². The zero-order valence-electron chi connectivity index (χ0n) is 15.3. The van der Waals surface area contributed by atoms with Crippen LogP contribution in [0.25, 0.3) is 0 Å². The van der Waals surface area contributed by atoms with Crippen molar-refractivity contribution >= 4 is 6.03 Å². The van der Waals surface area contributed by atoms with Crippen molar-refractivity contribution in [2.24, 2.45) is 5.41 Å². The Hall–Kier alpha value is -2.37. The zero-order valence-corrected chi connectivity index (χ0v) is 15.3. The van der Waals surface area contributed by atoms with Crippen molar-refractivity contribution in [1.82, 2.24) is 20.4 Å². The monoisotopic (exact) mass is 356 g/mol. The lowest BCUT2D eigenvalue weighted by atomic mass is 9.87. The SMILES string of the molecule is CC1(C)Cc2[nH]ncc2CN(C(=O)NC2CCCc3c(F)cccc32)C1. The lowest BCUT2D eigenvalue weighted by Crippen LogP contribution is -2.45. The van der Waals surface area contributed by atoms with Gasteiger partial charge in [0.05, 0.1) is 18.8 Å². The van der Waals surface area contributed by atoms with E-state index in [0.717, 1.165) is 48.1 Å². The molecule has 26 heavy (non-hydrogen) atoms. The van der Waals surface area contributed by atoms with E-state index in [0.29, 0.717) is 13.1 Å². The second kappa shape index (κ2) is 6.41. The molecule has 1 aliphatic heterocycles. The third-order valence-corrected chi connectivity index (χ3v) is 5.48. The van der Waals surface area contributed by atoms with E-state index >= 15 is 0 Å². The van der Waals surface area contributed by atoms with Gasteiger partial charge in [-0.15, -0.1) is 0 Å². The number of aromatic nitrogens is 2. The molecule has 0 fully saturated rings. The molecular weight excluding hydrogens is 331 g/mol. The van der Waals surface area contributed by atoms with Crippen molar-refractivity contribution in [3.05, 3.63) is 52.6 Å². The van der Waals surface area contributed by atoms with E-state index in [2.05, 4.69) is 29.4 Å². The number of nitrogens with zero attached hydrogens (tertiary/aromatic N) is 2. The molecule has 1 unspecified atom stereocenters. The number of hydrogen-bond acceptors (Lipinski definition) is 2. The van der Waals surface area contributed by atoms with Crippen LogP contribution in [0.15, 0.2) is 24.4 Å². The number of carbonyl (C=O) groups is 1. The Morgan fingerprint density at radius 1 is 1.42 bits per heavy atom. The number of carbonyl (C=O) groups excluding carboxylic acids is 1. The average Bonchev–Trinajstić information content (AvgIpc) is 2.95. The minimum Gasteiger partial charge on any atom is -0.331 e. The maximum atomic E-state index is 14.1. The van der Waals surface area contributed by atoms with Crippen LogP contribution in [0, 0.1) is 11.2 Å². The van der Waals surface area contributed by atoms with Gasteiger partial charge in [-0.05, 0) is 48.3 Å². The molecule has 1 aromatic carbocycles. The van der Waals surface area contributed by atoms with Gasteiger partial charge in [-0.3, -0.25) is 5.10 Å². The molecule has 2 N–H and O–H groups in total. The first-order valence-corrected chi connectivity index (χ1v) is 9.27. The van der Waals surface area contributed by atoms with E-state index in [1.54, 1.807) is 6.07 Å². The Morgan fingerprint density at radius 2 is 2.27 bits per heavy atom. The Kier molecular flexibility index (Phi) is 4.21. The van der Waals surface area contributed by atoms with Crippen molar-refractivity contribution in [2.45, 2.75) is 52.1 Å². The van der Waals surface area contributed by atoms with Crippen molar-refractivity contribution in [1.29, 1.82) is 0 Å². The summed E-state index contributed by atoms with van der Waals surface area (Å²) in [5.41, 5.74) is 3.81. The predicted molar refractivity (Wildman–Crippen MR) is 97.1 cm³/mol. The maximum absolute atomic E-state index is 14.1. The topological polar surface area (TPSA) is 61.0 Å². The summed E-state index contributed by atoms with van der Waals surface area (Å²) < 4.78 is 14.1. The fraction of sp³-hybridized carbons (Fsp3) is 0.500. The van der Waals surface area contributed by atoms with Gasteiger partial charge in [-0.2, -0.15) is 5.10 Å². The van der Waals surface area contributed by atoms with Crippen molar-refractivity contribution < 1.29 is 9.18 Å². The van der Waals surface area contributed by atoms with Gasteiger partial charge < -0.3 is 10.2 Å². The molecule has 138 valence electrons. The molecule has 2 heterocycles. The normalized spacial score (nSPS) is 21.5. The molecule has 1 atom stereocenters. The van der Waals surface area contributed by atoms with Crippen LogP contribution in [0.3, 0.4) is 0 Å². The minimum atomic E-state index is -0.166. The summed E-state index contributed by atoms with van der Waals surface area (Å²) in [6, 6.07) is 4.95. The molecule has 2 aliphatic rings. The Morgan fingerprint density at radius 3 is 3.12 bits per heavy atom. The summed E-state index contributed by atoms with van der Waals surface area (Å²) in [6.45, 7) is 5.54. The standard InChI is InChI=1S/C20H25FN4O/c1-20(2)9-18-13(10-22-24-18)11-25(12-20)19(26)23-17-8-4-5-14-15(17)6-3-7-16(14)21/h3,6-7,10,17H,4-5,8-9,11-12H2,1-2H3,(H,22,24)(H,23,26). The molecular formula is C20H25FN4O. The Balaban J connectivity index is 1.55. The molecule has 0 spiro atoms. The van der Waals surface area contributed by atoms with Gasteiger partial charge in [0.2, 0.25) is 0 Å². The number of H-pyrrole nitrogens is 1. The smallest absolute Gasteiger partial charge is 0.318 e. The number of benzene rings is 1. The molecule has 1 aromatic heterocycles. The van der Waals surface area contributed by atoms with Crippen LogP contribution in [0.2, 0.25) is 0 Å².